The molecule has 2 heteroatoms. The van der Waals surface area contributed by atoms with Crippen LogP contribution in [0.25, 0.3) is 0 Å². The van der Waals surface area contributed by atoms with Gasteiger partial charge < -0.3 is 0 Å². The van der Waals surface area contributed by atoms with Gasteiger partial charge in [-0.25, -0.2) is 0 Å². The van der Waals surface area contributed by atoms with Crippen LogP contribution < -0.4 is 0 Å². The molecule has 66 valence electrons. The molecule has 2 unspecified atom stereocenters. The molecule has 2 atom stereocenters. The molecule has 0 aliphatic rings. The predicted molar refractivity (Wildman–Crippen MR) is 71.3 cm³/mol. The Morgan fingerprint density at radius 1 is 1.00 bits per heavy atom. The molecular formula is C10H12I2. The first-order chi connectivity index (χ1) is 5.61. The van der Waals surface area contributed by atoms with Crippen LogP contribution in [0.1, 0.15) is 32.8 Å². The van der Waals surface area contributed by atoms with Gasteiger partial charge in [-0.3, -0.25) is 0 Å². The highest BCUT2D eigenvalue weighted by Gasteiger charge is 2.04. The maximum absolute atomic E-state index is 2.45. The van der Waals surface area contributed by atoms with Gasteiger partial charge in [0.2, 0.25) is 0 Å². The molecule has 0 N–H and O–H groups in total. The summed E-state index contributed by atoms with van der Waals surface area (Å²) in [7, 11) is 0. The summed E-state index contributed by atoms with van der Waals surface area (Å²) in [6.07, 6.45) is 0. The summed E-state index contributed by atoms with van der Waals surface area (Å²) in [5.41, 5.74) is 2.85. The predicted octanol–water partition coefficient (Wildman–Crippen LogP) is 4.68. The van der Waals surface area contributed by atoms with Crippen LogP contribution in [0, 0.1) is 0 Å². The lowest BCUT2D eigenvalue weighted by Crippen LogP contribution is -1.88. The molecule has 0 saturated heterocycles. The molecule has 0 heterocycles. The largest absolute Gasteiger partial charge is 0.0777 e. The van der Waals surface area contributed by atoms with Crippen molar-refractivity contribution in [3.05, 3.63) is 35.4 Å². The van der Waals surface area contributed by atoms with Crippen molar-refractivity contribution < 1.29 is 0 Å². The first-order valence-corrected chi connectivity index (χ1v) is 6.48. The van der Waals surface area contributed by atoms with E-state index in [9.17, 15) is 0 Å². The standard InChI is InChI=1S/C10H12I2/c1-7(11)9-4-3-5-10(6-9)8(2)12/h3-8H,1-2H3. The number of rotatable bonds is 2. The normalized spacial score (nSPS) is 15.7. The second-order valence-electron chi connectivity index (χ2n) is 2.90. The van der Waals surface area contributed by atoms with E-state index in [1.54, 1.807) is 0 Å². The molecule has 0 nitrogen and oxygen atoms in total. The zero-order chi connectivity index (χ0) is 9.14. The van der Waals surface area contributed by atoms with Gasteiger partial charge in [0.25, 0.3) is 0 Å². The first-order valence-electron chi connectivity index (χ1n) is 3.99. The fourth-order valence-corrected chi connectivity index (χ4v) is 1.83. The maximum atomic E-state index is 2.45. The van der Waals surface area contributed by atoms with Crippen LogP contribution in [0.2, 0.25) is 0 Å². The minimum absolute atomic E-state index is 0.609. The second kappa shape index (κ2) is 4.79. The van der Waals surface area contributed by atoms with E-state index in [0.717, 1.165) is 0 Å². The summed E-state index contributed by atoms with van der Waals surface area (Å²) in [5.74, 6) is 0. The van der Waals surface area contributed by atoms with Gasteiger partial charge in [0.1, 0.15) is 0 Å². The van der Waals surface area contributed by atoms with Crippen molar-refractivity contribution in [1.82, 2.24) is 0 Å². The third kappa shape index (κ3) is 2.87. The molecule has 1 aromatic rings. The molecule has 0 spiro atoms. The van der Waals surface area contributed by atoms with Crippen molar-refractivity contribution in [1.29, 1.82) is 0 Å². The molecule has 0 aliphatic heterocycles. The van der Waals surface area contributed by atoms with Crippen molar-refractivity contribution in [3.8, 4) is 0 Å². The van der Waals surface area contributed by atoms with E-state index in [2.05, 4.69) is 83.3 Å². The van der Waals surface area contributed by atoms with Crippen molar-refractivity contribution >= 4 is 45.2 Å². The molecule has 0 saturated carbocycles. The smallest absolute Gasteiger partial charge is 0.0331 e. The Bertz CT molecular complexity index is 231. The molecule has 0 bridgehead atoms. The summed E-state index contributed by atoms with van der Waals surface area (Å²) >= 11 is 4.89. The maximum Gasteiger partial charge on any atom is 0.0331 e. The summed E-state index contributed by atoms with van der Waals surface area (Å²) in [4.78, 5) is 0. The van der Waals surface area contributed by atoms with Crippen LogP contribution in [0.15, 0.2) is 24.3 Å². The van der Waals surface area contributed by atoms with Crippen LogP contribution >= 0.6 is 45.2 Å². The Balaban J connectivity index is 2.96. The van der Waals surface area contributed by atoms with Gasteiger partial charge in [-0.05, 0) is 25.0 Å². The SMILES string of the molecule is CC(I)c1cccc(C(C)I)c1. The average molecular weight is 386 g/mol. The van der Waals surface area contributed by atoms with Gasteiger partial charge in [-0.1, -0.05) is 69.4 Å². The minimum Gasteiger partial charge on any atom is -0.0777 e. The van der Waals surface area contributed by atoms with E-state index >= 15 is 0 Å². The van der Waals surface area contributed by atoms with Gasteiger partial charge in [0.15, 0.2) is 0 Å². The monoisotopic (exact) mass is 386 g/mol. The van der Waals surface area contributed by atoms with Crippen molar-refractivity contribution in [2.75, 3.05) is 0 Å². The van der Waals surface area contributed by atoms with Gasteiger partial charge in [-0.2, -0.15) is 0 Å². The molecule has 0 amide bonds. The molecule has 0 aromatic heterocycles. The van der Waals surface area contributed by atoms with E-state index in [-0.39, 0.29) is 0 Å². The summed E-state index contributed by atoms with van der Waals surface area (Å²) in [6.45, 7) is 4.44. The summed E-state index contributed by atoms with van der Waals surface area (Å²) in [6, 6.07) is 8.84. The van der Waals surface area contributed by atoms with Crippen molar-refractivity contribution in [2.24, 2.45) is 0 Å². The average Bonchev–Trinajstić information content (AvgIpc) is 2.04. The third-order valence-corrected chi connectivity index (χ3v) is 3.27. The zero-order valence-electron chi connectivity index (χ0n) is 7.22. The zero-order valence-corrected chi connectivity index (χ0v) is 11.5. The molecule has 1 rings (SSSR count). The first kappa shape index (κ1) is 10.8. The van der Waals surface area contributed by atoms with Gasteiger partial charge in [0, 0.05) is 7.85 Å². The van der Waals surface area contributed by atoms with E-state index in [4.69, 9.17) is 0 Å². The van der Waals surface area contributed by atoms with Crippen LogP contribution in [0.3, 0.4) is 0 Å². The van der Waals surface area contributed by atoms with Crippen LogP contribution in [-0.4, -0.2) is 0 Å². The lowest BCUT2D eigenvalue weighted by atomic mass is 10.1. The van der Waals surface area contributed by atoms with E-state index in [1.807, 2.05) is 0 Å². The van der Waals surface area contributed by atoms with Gasteiger partial charge in [0.05, 0.1) is 0 Å². The Hall–Kier alpha value is 0.680. The van der Waals surface area contributed by atoms with E-state index < -0.39 is 0 Å². The van der Waals surface area contributed by atoms with Crippen LogP contribution in [-0.2, 0) is 0 Å². The molecular weight excluding hydrogens is 374 g/mol. The second-order valence-corrected chi connectivity index (χ2v) is 6.64. The summed E-state index contributed by atoms with van der Waals surface area (Å²) in [5, 5.41) is 0. The topological polar surface area (TPSA) is 0 Å². The minimum atomic E-state index is 0.609. The van der Waals surface area contributed by atoms with Crippen molar-refractivity contribution in [2.45, 2.75) is 21.7 Å². The third-order valence-electron chi connectivity index (χ3n) is 1.83. The lowest BCUT2D eigenvalue weighted by Gasteiger charge is -2.08. The highest BCUT2D eigenvalue weighted by atomic mass is 127. The summed E-state index contributed by atoms with van der Waals surface area (Å²) < 4.78 is 1.22. The fourth-order valence-electron chi connectivity index (χ4n) is 1.05. The lowest BCUT2D eigenvalue weighted by molar-refractivity contribution is 1.09. The Morgan fingerprint density at radius 3 is 1.75 bits per heavy atom. The molecule has 1 aromatic carbocycles. The Labute approximate surface area is 101 Å². The quantitative estimate of drug-likeness (QED) is 0.512. The van der Waals surface area contributed by atoms with Crippen LogP contribution in [0.4, 0.5) is 0 Å². The molecule has 12 heavy (non-hydrogen) atoms. The Morgan fingerprint density at radius 2 is 1.42 bits per heavy atom. The van der Waals surface area contributed by atoms with Gasteiger partial charge >= 0.3 is 0 Å². The van der Waals surface area contributed by atoms with E-state index in [1.165, 1.54) is 11.1 Å². The number of alkyl halides is 2. The number of halogens is 2. The molecule has 0 fully saturated rings. The molecule has 0 aliphatic carbocycles. The highest BCUT2D eigenvalue weighted by Crippen LogP contribution is 2.28. The van der Waals surface area contributed by atoms with Crippen LogP contribution in [0.5, 0.6) is 0 Å². The van der Waals surface area contributed by atoms with Crippen molar-refractivity contribution in [3.63, 3.8) is 0 Å². The molecule has 0 radical (unpaired) electrons. The number of benzene rings is 1. The number of hydrogen-bond donors (Lipinski definition) is 0. The number of hydrogen-bond acceptors (Lipinski definition) is 0. The van der Waals surface area contributed by atoms with Gasteiger partial charge in [-0.15, -0.1) is 0 Å². The highest BCUT2D eigenvalue weighted by molar-refractivity contribution is 14.1. The van der Waals surface area contributed by atoms with E-state index in [0.29, 0.717) is 7.85 Å². The Kier molecular flexibility index (Phi) is 4.29. The fraction of sp³-hybridized carbons (Fsp3) is 0.400.